The van der Waals surface area contributed by atoms with E-state index in [-0.39, 0.29) is 16.8 Å². The number of nitrogens with one attached hydrogen (secondary N) is 1. The Hall–Kier alpha value is -1.93. The van der Waals surface area contributed by atoms with Crippen LogP contribution in [0.25, 0.3) is 11.0 Å². The fourth-order valence-corrected chi connectivity index (χ4v) is 4.01. The molecule has 0 bridgehead atoms. The molecule has 8 heteroatoms. The number of benzene rings is 1. The molecule has 142 valence electrons. The van der Waals surface area contributed by atoms with Crippen LogP contribution in [-0.4, -0.2) is 48.3 Å². The van der Waals surface area contributed by atoms with Crippen molar-refractivity contribution in [1.29, 1.82) is 0 Å². The van der Waals surface area contributed by atoms with Crippen LogP contribution in [0.15, 0.2) is 23.1 Å². The van der Waals surface area contributed by atoms with Crippen LogP contribution in [0.5, 0.6) is 0 Å². The van der Waals surface area contributed by atoms with E-state index in [1.807, 2.05) is 11.6 Å². The smallest absolute Gasteiger partial charge is 0.242 e. The molecule has 1 aliphatic rings. The third-order valence-electron chi connectivity index (χ3n) is 5.02. The topological polar surface area (TPSA) is 84.3 Å². The number of aryl methyl sites for hydroxylation is 2. The zero-order chi connectivity index (χ0) is 19.1. The molecular formula is C18H26N4O3S. The molecule has 1 aromatic carbocycles. The Labute approximate surface area is 154 Å². The number of hydrogen-bond acceptors (Lipinski definition) is 4. The summed E-state index contributed by atoms with van der Waals surface area (Å²) in [5.41, 5.74) is 1.47. The van der Waals surface area contributed by atoms with Crippen LogP contribution in [0.4, 0.5) is 0 Å². The van der Waals surface area contributed by atoms with Gasteiger partial charge in [0.05, 0.1) is 15.9 Å². The monoisotopic (exact) mass is 378 g/mol. The molecule has 1 fully saturated rings. The molecule has 1 N–H and O–H groups in total. The van der Waals surface area contributed by atoms with Crippen LogP contribution < -0.4 is 5.32 Å². The molecule has 7 nitrogen and oxygen atoms in total. The molecule has 0 radical (unpaired) electrons. The first-order chi connectivity index (χ1) is 12.2. The first-order valence-corrected chi connectivity index (χ1v) is 10.3. The summed E-state index contributed by atoms with van der Waals surface area (Å²) in [6, 6.07) is 5.18. The second-order valence-corrected chi connectivity index (χ2v) is 9.37. The van der Waals surface area contributed by atoms with E-state index in [1.54, 1.807) is 18.2 Å². The lowest BCUT2D eigenvalue weighted by Crippen LogP contribution is -2.34. The lowest BCUT2D eigenvalue weighted by Gasteiger charge is -2.12. The number of nitrogens with zero attached hydrogens (tertiary/aromatic N) is 3. The van der Waals surface area contributed by atoms with E-state index >= 15 is 0 Å². The van der Waals surface area contributed by atoms with Crippen molar-refractivity contribution in [3.63, 3.8) is 0 Å². The first-order valence-electron chi connectivity index (χ1n) is 8.87. The minimum atomic E-state index is -3.49. The number of hydrogen-bond donors (Lipinski definition) is 1. The van der Waals surface area contributed by atoms with Gasteiger partial charge >= 0.3 is 0 Å². The Morgan fingerprint density at radius 2 is 2.08 bits per heavy atom. The SMILES string of the molecule is CC(NC(=O)CCc1nc2cc(S(=O)(=O)N(C)C)ccc2n1C)C1CC1. The van der Waals surface area contributed by atoms with Crippen molar-refractivity contribution in [1.82, 2.24) is 19.2 Å². The molecule has 1 heterocycles. The summed E-state index contributed by atoms with van der Waals surface area (Å²) in [5.74, 6) is 1.44. The molecule has 0 saturated heterocycles. The van der Waals surface area contributed by atoms with E-state index < -0.39 is 10.0 Å². The van der Waals surface area contributed by atoms with Gasteiger partial charge in [0.2, 0.25) is 15.9 Å². The fourth-order valence-electron chi connectivity index (χ4n) is 3.09. The highest BCUT2D eigenvalue weighted by molar-refractivity contribution is 7.89. The average molecular weight is 378 g/mol. The van der Waals surface area contributed by atoms with Crippen LogP contribution in [-0.2, 0) is 28.3 Å². The molecule has 1 saturated carbocycles. The van der Waals surface area contributed by atoms with Gasteiger partial charge in [-0.2, -0.15) is 0 Å². The van der Waals surface area contributed by atoms with Gasteiger partial charge in [0.1, 0.15) is 5.82 Å². The summed E-state index contributed by atoms with van der Waals surface area (Å²) in [6.07, 6.45) is 3.29. The number of imidazole rings is 1. The summed E-state index contributed by atoms with van der Waals surface area (Å²) in [7, 11) is 1.40. The Kier molecular flexibility index (Phi) is 5.07. The molecule has 1 aromatic heterocycles. The summed E-state index contributed by atoms with van der Waals surface area (Å²) < 4.78 is 27.7. The van der Waals surface area contributed by atoms with Gasteiger partial charge in [0, 0.05) is 40.0 Å². The van der Waals surface area contributed by atoms with E-state index in [0.29, 0.717) is 24.3 Å². The number of rotatable bonds is 7. The van der Waals surface area contributed by atoms with Crippen LogP contribution in [0.1, 0.15) is 32.0 Å². The van der Waals surface area contributed by atoms with Gasteiger partial charge in [0.25, 0.3) is 0 Å². The van der Waals surface area contributed by atoms with E-state index in [4.69, 9.17) is 0 Å². The Balaban J connectivity index is 1.75. The second kappa shape index (κ2) is 7.00. The third kappa shape index (κ3) is 3.76. The molecular weight excluding hydrogens is 352 g/mol. The number of aromatic nitrogens is 2. The second-order valence-electron chi connectivity index (χ2n) is 7.22. The maximum Gasteiger partial charge on any atom is 0.242 e. The largest absolute Gasteiger partial charge is 0.353 e. The molecule has 26 heavy (non-hydrogen) atoms. The van der Waals surface area contributed by atoms with Crippen molar-refractivity contribution in [2.45, 2.75) is 43.5 Å². The van der Waals surface area contributed by atoms with Crippen molar-refractivity contribution in [3.05, 3.63) is 24.0 Å². The predicted molar refractivity (Wildman–Crippen MR) is 100 cm³/mol. The van der Waals surface area contributed by atoms with Crippen LogP contribution in [0.3, 0.4) is 0 Å². The predicted octanol–water partition coefficient (Wildman–Crippen LogP) is 1.67. The summed E-state index contributed by atoms with van der Waals surface area (Å²) in [6.45, 7) is 2.05. The Morgan fingerprint density at radius 3 is 2.69 bits per heavy atom. The standard InChI is InChI=1S/C18H26N4O3S/c1-12(13-5-6-13)19-18(23)10-9-17-20-15-11-14(26(24,25)21(2)3)7-8-16(15)22(17)4/h7-8,11-13H,5-6,9-10H2,1-4H3,(H,19,23). The number of amides is 1. The quantitative estimate of drug-likeness (QED) is 0.794. The highest BCUT2D eigenvalue weighted by Crippen LogP contribution is 2.32. The van der Waals surface area contributed by atoms with Crippen molar-refractivity contribution >= 4 is 27.0 Å². The van der Waals surface area contributed by atoms with Gasteiger partial charge < -0.3 is 9.88 Å². The highest BCUT2D eigenvalue weighted by atomic mass is 32.2. The van der Waals surface area contributed by atoms with Crippen molar-refractivity contribution in [2.75, 3.05) is 14.1 Å². The van der Waals surface area contributed by atoms with Crippen molar-refractivity contribution < 1.29 is 13.2 Å². The maximum absolute atomic E-state index is 12.3. The fraction of sp³-hybridized carbons (Fsp3) is 0.556. The van der Waals surface area contributed by atoms with Gasteiger partial charge in [-0.25, -0.2) is 17.7 Å². The maximum atomic E-state index is 12.3. The third-order valence-corrected chi connectivity index (χ3v) is 6.83. The van der Waals surface area contributed by atoms with Crippen molar-refractivity contribution in [3.8, 4) is 0 Å². The minimum absolute atomic E-state index is 0.0346. The molecule has 3 rings (SSSR count). The highest BCUT2D eigenvalue weighted by Gasteiger charge is 2.28. The Morgan fingerprint density at radius 1 is 1.38 bits per heavy atom. The molecule has 0 spiro atoms. The lowest BCUT2D eigenvalue weighted by molar-refractivity contribution is -0.121. The van der Waals surface area contributed by atoms with Gasteiger partial charge in [-0.3, -0.25) is 4.79 Å². The van der Waals surface area contributed by atoms with Gasteiger partial charge in [-0.05, 0) is 43.9 Å². The van der Waals surface area contributed by atoms with Crippen LogP contribution in [0, 0.1) is 5.92 Å². The van der Waals surface area contributed by atoms with Gasteiger partial charge in [-0.1, -0.05) is 0 Å². The molecule has 1 amide bonds. The van der Waals surface area contributed by atoms with E-state index in [2.05, 4.69) is 17.2 Å². The summed E-state index contributed by atoms with van der Waals surface area (Å²) >= 11 is 0. The zero-order valence-corrected chi connectivity index (χ0v) is 16.5. The average Bonchev–Trinajstić information content (AvgIpc) is 3.38. The van der Waals surface area contributed by atoms with E-state index in [1.165, 1.54) is 31.2 Å². The molecule has 0 aliphatic heterocycles. The zero-order valence-electron chi connectivity index (χ0n) is 15.7. The first kappa shape index (κ1) is 18.8. The number of fused-ring (bicyclic) bond motifs is 1. The van der Waals surface area contributed by atoms with Crippen LogP contribution >= 0.6 is 0 Å². The number of sulfonamides is 1. The van der Waals surface area contributed by atoms with E-state index in [0.717, 1.165) is 11.3 Å². The Bertz CT molecular complexity index is 929. The van der Waals surface area contributed by atoms with E-state index in [9.17, 15) is 13.2 Å². The summed E-state index contributed by atoms with van der Waals surface area (Å²) in [5, 5.41) is 3.05. The van der Waals surface area contributed by atoms with Gasteiger partial charge in [0.15, 0.2) is 0 Å². The van der Waals surface area contributed by atoms with Crippen LogP contribution in [0.2, 0.25) is 0 Å². The number of carbonyl (C=O) groups excluding carboxylic acids is 1. The lowest BCUT2D eigenvalue weighted by atomic mass is 10.2. The number of carbonyl (C=O) groups is 1. The molecule has 1 aliphatic carbocycles. The summed E-state index contributed by atoms with van der Waals surface area (Å²) in [4.78, 5) is 16.9. The molecule has 2 aromatic rings. The normalized spacial score (nSPS) is 16.2. The van der Waals surface area contributed by atoms with Gasteiger partial charge in [-0.15, -0.1) is 0 Å². The van der Waals surface area contributed by atoms with Crippen molar-refractivity contribution in [2.24, 2.45) is 13.0 Å². The minimum Gasteiger partial charge on any atom is -0.353 e. The molecule has 1 unspecified atom stereocenters. The molecule has 1 atom stereocenters.